The molecule has 2 heterocycles. The summed E-state index contributed by atoms with van der Waals surface area (Å²) in [5.41, 5.74) is 16.3. The molecule has 0 aliphatic rings. The first-order valence-corrected chi connectivity index (χ1v) is 22.6. The van der Waals surface area contributed by atoms with Crippen LogP contribution in [0, 0.1) is 0 Å². The molecule has 0 N–H and O–H groups in total. The summed E-state index contributed by atoms with van der Waals surface area (Å²) in [4.78, 5) is 7.66. The molecule has 11 rings (SSSR count). The maximum atomic E-state index is 6.94. The lowest BCUT2D eigenvalue weighted by molar-refractivity contribution is 0.590. The van der Waals surface area contributed by atoms with Crippen LogP contribution in [0.1, 0.15) is 52.7 Å². The maximum absolute atomic E-state index is 6.94. The Balaban J connectivity index is 1.10. The molecule has 65 heavy (non-hydrogen) atoms. The molecule has 2 aromatic heterocycles. The van der Waals surface area contributed by atoms with Crippen LogP contribution in [0.25, 0.3) is 83.1 Å². The molecular formula is C61H51N3O. The monoisotopic (exact) mass is 841 g/mol. The molecule has 0 atom stereocenters. The number of hydrogen-bond donors (Lipinski definition) is 0. The van der Waals surface area contributed by atoms with Crippen LogP contribution in [0.3, 0.4) is 0 Å². The molecule has 0 spiro atoms. The Kier molecular flexibility index (Phi) is 9.58. The van der Waals surface area contributed by atoms with E-state index >= 15 is 0 Å². The summed E-state index contributed by atoms with van der Waals surface area (Å²) in [6, 6.07) is 72.0. The van der Waals surface area contributed by atoms with Crippen LogP contribution in [0.5, 0.6) is 0 Å². The van der Waals surface area contributed by atoms with Gasteiger partial charge in [0, 0.05) is 44.5 Å². The highest BCUT2D eigenvalue weighted by Gasteiger charge is 2.23. The van der Waals surface area contributed by atoms with Crippen molar-refractivity contribution in [1.29, 1.82) is 0 Å². The number of rotatable bonds is 7. The first-order chi connectivity index (χ1) is 31.5. The SMILES string of the molecule is CC(C)(C)c1ccc2c(c1)c1cc(C(C)(C)C)ccc1n2-c1ccc(-c2ccc(N(c3ccccc3)c3ccccc3)cc2-c2nc3c(cc(-c4ccccc4)c4ccccc43)o2)cc1. The van der Waals surface area contributed by atoms with Gasteiger partial charge in [0.2, 0.25) is 5.89 Å². The highest BCUT2D eigenvalue weighted by atomic mass is 16.3. The van der Waals surface area contributed by atoms with Gasteiger partial charge in [0.1, 0.15) is 5.52 Å². The fourth-order valence-corrected chi connectivity index (χ4v) is 9.45. The van der Waals surface area contributed by atoms with Crippen molar-refractivity contribution < 1.29 is 4.42 Å². The minimum Gasteiger partial charge on any atom is -0.436 e. The van der Waals surface area contributed by atoms with E-state index < -0.39 is 0 Å². The Hall–Kier alpha value is -7.69. The normalized spacial score (nSPS) is 12.2. The molecule has 0 amide bonds. The first-order valence-electron chi connectivity index (χ1n) is 22.6. The van der Waals surface area contributed by atoms with E-state index in [9.17, 15) is 0 Å². The van der Waals surface area contributed by atoms with Crippen LogP contribution in [0.2, 0.25) is 0 Å². The van der Waals surface area contributed by atoms with E-state index in [1.807, 2.05) is 0 Å². The number of para-hydroxylation sites is 2. The van der Waals surface area contributed by atoms with Gasteiger partial charge in [-0.25, -0.2) is 4.98 Å². The quantitative estimate of drug-likeness (QED) is 0.160. The second kappa shape index (κ2) is 15.5. The summed E-state index contributed by atoms with van der Waals surface area (Å²) in [5.74, 6) is 0.573. The Morgan fingerprint density at radius 2 is 0.938 bits per heavy atom. The molecule has 0 bridgehead atoms. The maximum Gasteiger partial charge on any atom is 0.228 e. The number of anilines is 3. The summed E-state index contributed by atoms with van der Waals surface area (Å²) in [7, 11) is 0. The topological polar surface area (TPSA) is 34.2 Å². The molecule has 0 aliphatic carbocycles. The third-order valence-electron chi connectivity index (χ3n) is 12.9. The molecule has 11 aromatic rings. The van der Waals surface area contributed by atoms with Crippen molar-refractivity contribution in [3.8, 4) is 39.4 Å². The van der Waals surface area contributed by atoms with Crippen LogP contribution in [0.4, 0.5) is 17.1 Å². The molecule has 9 aromatic carbocycles. The van der Waals surface area contributed by atoms with Gasteiger partial charge in [-0.15, -0.1) is 0 Å². The van der Waals surface area contributed by atoms with Gasteiger partial charge < -0.3 is 13.9 Å². The molecule has 0 fully saturated rings. The zero-order valence-electron chi connectivity index (χ0n) is 37.8. The highest BCUT2D eigenvalue weighted by molar-refractivity contribution is 6.12. The minimum atomic E-state index is 0.0321. The van der Waals surface area contributed by atoms with Crippen LogP contribution >= 0.6 is 0 Å². The molecule has 0 saturated carbocycles. The average Bonchev–Trinajstić information content (AvgIpc) is 3.91. The van der Waals surface area contributed by atoms with Crippen LogP contribution in [-0.2, 0) is 10.8 Å². The summed E-state index contributed by atoms with van der Waals surface area (Å²) in [6.07, 6.45) is 0. The van der Waals surface area contributed by atoms with Gasteiger partial charge in [-0.1, -0.05) is 163 Å². The number of nitrogens with zero attached hydrogens (tertiary/aromatic N) is 3. The van der Waals surface area contributed by atoms with E-state index in [0.29, 0.717) is 5.89 Å². The van der Waals surface area contributed by atoms with Crippen molar-refractivity contribution >= 4 is 60.7 Å². The van der Waals surface area contributed by atoms with E-state index in [1.165, 1.54) is 32.9 Å². The smallest absolute Gasteiger partial charge is 0.228 e. The first kappa shape index (κ1) is 40.1. The van der Waals surface area contributed by atoms with Crippen molar-refractivity contribution in [3.05, 3.63) is 211 Å². The number of benzene rings is 9. The summed E-state index contributed by atoms with van der Waals surface area (Å²) < 4.78 is 9.37. The Labute approximate surface area is 381 Å². The third-order valence-corrected chi connectivity index (χ3v) is 12.9. The zero-order chi connectivity index (χ0) is 44.5. The molecule has 0 radical (unpaired) electrons. The van der Waals surface area contributed by atoms with Crippen LogP contribution in [-0.4, -0.2) is 9.55 Å². The number of aromatic nitrogens is 2. The second-order valence-electron chi connectivity index (χ2n) is 19.3. The Morgan fingerprint density at radius 1 is 0.415 bits per heavy atom. The second-order valence-corrected chi connectivity index (χ2v) is 19.3. The number of fused-ring (bicyclic) bond motifs is 6. The lowest BCUT2D eigenvalue weighted by Gasteiger charge is -2.26. The zero-order valence-corrected chi connectivity index (χ0v) is 37.8. The van der Waals surface area contributed by atoms with Crippen LogP contribution in [0.15, 0.2) is 205 Å². The molecular weight excluding hydrogens is 791 g/mol. The van der Waals surface area contributed by atoms with E-state index in [0.717, 1.165) is 72.4 Å². The number of oxazole rings is 1. The van der Waals surface area contributed by atoms with E-state index in [4.69, 9.17) is 9.40 Å². The van der Waals surface area contributed by atoms with Crippen LogP contribution < -0.4 is 4.90 Å². The predicted molar refractivity (Wildman–Crippen MR) is 274 cm³/mol. The highest BCUT2D eigenvalue weighted by Crippen LogP contribution is 2.44. The largest absolute Gasteiger partial charge is 0.436 e. The summed E-state index contributed by atoms with van der Waals surface area (Å²) in [6.45, 7) is 13.7. The van der Waals surface area contributed by atoms with Crippen molar-refractivity contribution in [2.75, 3.05) is 4.90 Å². The standard InChI is InChI=1S/C61H51N3O/c1-60(2,3)42-28-34-55-52(36-42)53-37-43(61(4,5)6)29-35-56(53)64(55)46-30-26-41(27-31-46)48-33-32-47(63(44-20-12-8-13-21-44)45-22-14-9-15-23-45)38-54(48)59-62-58-50-25-17-16-24-49(50)51(39-57(58)65-59)40-18-10-7-11-19-40/h7-39H,1-6H3. The van der Waals surface area contributed by atoms with Gasteiger partial charge in [-0.2, -0.15) is 0 Å². The van der Waals surface area contributed by atoms with Gasteiger partial charge >= 0.3 is 0 Å². The van der Waals surface area contributed by atoms with Crippen molar-refractivity contribution in [3.63, 3.8) is 0 Å². The lowest BCUT2D eigenvalue weighted by Crippen LogP contribution is -2.10. The summed E-state index contributed by atoms with van der Waals surface area (Å²) >= 11 is 0. The predicted octanol–water partition coefficient (Wildman–Crippen LogP) is 17.1. The van der Waals surface area contributed by atoms with Gasteiger partial charge in [-0.3, -0.25) is 0 Å². The molecule has 4 heteroatoms. The van der Waals surface area contributed by atoms with E-state index in [2.05, 4.69) is 251 Å². The molecule has 0 unspecified atom stereocenters. The fraction of sp³-hybridized carbons (Fsp3) is 0.131. The third kappa shape index (κ3) is 7.16. The van der Waals surface area contributed by atoms with Gasteiger partial charge in [-0.05, 0) is 128 Å². The Bertz CT molecular complexity index is 3420. The van der Waals surface area contributed by atoms with E-state index in [-0.39, 0.29) is 10.8 Å². The Morgan fingerprint density at radius 3 is 1.51 bits per heavy atom. The molecule has 0 saturated heterocycles. The molecule has 316 valence electrons. The van der Waals surface area contributed by atoms with Crippen molar-refractivity contribution in [1.82, 2.24) is 9.55 Å². The van der Waals surface area contributed by atoms with Gasteiger partial charge in [0.25, 0.3) is 0 Å². The van der Waals surface area contributed by atoms with Crippen molar-refractivity contribution in [2.45, 2.75) is 52.4 Å². The van der Waals surface area contributed by atoms with E-state index in [1.54, 1.807) is 0 Å². The fourth-order valence-electron chi connectivity index (χ4n) is 9.45. The average molecular weight is 842 g/mol. The lowest BCUT2D eigenvalue weighted by atomic mass is 9.85. The van der Waals surface area contributed by atoms with Gasteiger partial charge in [0.15, 0.2) is 5.58 Å². The molecule has 4 nitrogen and oxygen atoms in total. The summed E-state index contributed by atoms with van der Waals surface area (Å²) in [5, 5.41) is 4.76. The number of hydrogen-bond acceptors (Lipinski definition) is 3. The molecule has 0 aliphatic heterocycles. The van der Waals surface area contributed by atoms with Crippen molar-refractivity contribution in [2.24, 2.45) is 0 Å². The van der Waals surface area contributed by atoms with Gasteiger partial charge in [0.05, 0.1) is 11.0 Å². The minimum absolute atomic E-state index is 0.0321.